The van der Waals surface area contributed by atoms with E-state index in [0.717, 1.165) is 22.2 Å². The van der Waals surface area contributed by atoms with Crippen LogP contribution in [0.2, 0.25) is 0 Å². The highest BCUT2D eigenvalue weighted by Crippen LogP contribution is 2.28. The van der Waals surface area contributed by atoms with Crippen LogP contribution in [0.15, 0.2) is 31.0 Å². The summed E-state index contributed by atoms with van der Waals surface area (Å²) in [5, 5.41) is 0. The summed E-state index contributed by atoms with van der Waals surface area (Å²) in [5.41, 5.74) is 1.51. The SMILES string of the molecule is C[C@H](Oc1ncc(-c2cc3c(I)ncn3cn2)cc1F)C(F)(F)F. The molecule has 0 fully saturated rings. The Morgan fingerprint density at radius 1 is 1.17 bits per heavy atom. The topological polar surface area (TPSA) is 52.3 Å². The first-order valence-electron chi connectivity index (χ1n) is 6.63. The van der Waals surface area contributed by atoms with Gasteiger partial charge in [0, 0.05) is 11.8 Å². The molecule has 0 aromatic carbocycles. The number of alkyl halides is 3. The van der Waals surface area contributed by atoms with Crippen LogP contribution >= 0.6 is 22.6 Å². The van der Waals surface area contributed by atoms with Crippen LogP contribution in [0.4, 0.5) is 17.6 Å². The lowest BCUT2D eigenvalue weighted by Crippen LogP contribution is -2.31. The van der Waals surface area contributed by atoms with Crippen molar-refractivity contribution in [3.63, 3.8) is 0 Å². The molecule has 0 saturated carbocycles. The Bertz CT molecular complexity index is 896. The van der Waals surface area contributed by atoms with Gasteiger partial charge in [0.1, 0.15) is 16.4 Å². The zero-order valence-corrected chi connectivity index (χ0v) is 14.2. The molecule has 0 aliphatic carbocycles. The van der Waals surface area contributed by atoms with E-state index in [9.17, 15) is 17.6 Å². The number of rotatable bonds is 3. The van der Waals surface area contributed by atoms with Gasteiger partial charge in [-0.1, -0.05) is 0 Å². The lowest BCUT2D eigenvalue weighted by atomic mass is 10.2. The standard InChI is InChI=1S/C14H9F4IN4O/c1-7(14(16,17)18)24-13-9(15)2-8(4-20-13)10-3-11-12(19)22-6-23(11)5-21-10/h2-7H,1H3/t7-/m0/s1. The molecular formula is C14H9F4IN4O. The van der Waals surface area contributed by atoms with Crippen molar-refractivity contribution < 1.29 is 22.3 Å². The van der Waals surface area contributed by atoms with E-state index in [0.29, 0.717) is 11.3 Å². The molecule has 0 N–H and O–H groups in total. The van der Waals surface area contributed by atoms with Crippen LogP contribution in [0, 0.1) is 9.52 Å². The second kappa shape index (κ2) is 6.15. The van der Waals surface area contributed by atoms with Gasteiger partial charge < -0.3 is 4.74 Å². The van der Waals surface area contributed by atoms with Crippen molar-refractivity contribution in [3.8, 4) is 17.1 Å². The first-order valence-corrected chi connectivity index (χ1v) is 7.71. The Hall–Kier alpha value is -1.98. The maximum Gasteiger partial charge on any atom is 0.425 e. The first-order chi connectivity index (χ1) is 11.3. The number of aromatic nitrogens is 4. The van der Waals surface area contributed by atoms with E-state index in [-0.39, 0.29) is 0 Å². The molecular weight excluding hydrogens is 443 g/mol. The van der Waals surface area contributed by atoms with Crippen LogP contribution in [-0.4, -0.2) is 31.6 Å². The molecule has 3 aromatic heterocycles. The molecule has 0 unspecified atom stereocenters. The third-order valence-electron chi connectivity index (χ3n) is 3.23. The van der Waals surface area contributed by atoms with Gasteiger partial charge in [0.15, 0.2) is 11.9 Å². The average molecular weight is 452 g/mol. The minimum absolute atomic E-state index is 0.319. The molecule has 1 atom stereocenters. The molecule has 3 aromatic rings. The summed E-state index contributed by atoms with van der Waals surface area (Å²) >= 11 is 2.05. The fourth-order valence-corrected chi connectivity index (χ4v) is 2.47. The van der Waals surface area contributed by atoms with Crippen LogP contribution in [0.25, 0.3) is 16.8 Å². The van der Waals surface area contributed by atoms with Gasteiger partial charge in [0.25, 0.3) is 5.88 Å². The van der Waals surface area contributed by atoms with Crippen molar-refractivity contribution in [2.75, 3.05) is 0 Å². The summed E-state index contributed by atoms with van der Waals surface area (Å²) in [5.74, 6) is -1.70. The Morgan fingerprint density at radius 3 is 2.54 bits per heavy atom. The highest BCUT2D eigenvalue weighted by atomic mass is 127. The normalized spacial score (nSPS) is 13.2. The van der Waals surface area contributed by atoms with Gasteiger partial charge in [-0.2, -0.15) is 13.2 Å². The van der Waals surface area contributed by atoms with E-state index in [2.05, 4.69) is 19.7 Å². The summed E-state index contributed by atoms with van der Waals surface area (Å²) in [6.07, 6.45) is -2.45. The van der Waals surface area contributed by atoms with E-state index in [1.54, 1.807) is 16.8 Å². The van der Waals surface area contributed by atoms with Crippen molar-refractivity contribution in [3.05, 3.63) is 40.5 Å². The summed E-state index contributed by atoms with van der Waals surface area (Å²) in [6, 6.07) is 2.72. The molecule has 0 saturated heterocycles. The zero-order chi connectivity index (χ0) is 17.5. The number of halogens is 5. The van der Waals surface area contributed by atoms with Crippen LogP contribution in [0.5, 0.6) is 5.88 Å². The fourth-order valence-electron chi connectivity index (χ4n) is 1.91. The lowest BCUT2D eigenvalue weighted by molar-refractivity contribution is -0.190. The smallest absolute Gasteiger partial charge is 0.425 e. The monoisotopic (exact) mass is 452 g/mol. The van der Waals surface area contributed by atoms with Gasteiger partial charge in [-0.25, -0.2) is 19.3 Å². The van der Waals surface area contributed by atoms with Gasteiger partial charge in [0.05, 0.1) is 11.2 Å². The Labute approximate surface area is 146 Å². The Balaban J connectivity index is 1.92. The van der Waals surface area contributed by atoms with Gasteiger partial charge in [-0.3, -0.25) is 4.40 Å². The second-order valence-electron chi connectivity index (χ2n) is 4.91. The minimum atomic E-state index is -4.60. The number of ether oxygens (including phenoxy) is 1. The lowest BCUT2D eigenvalue weighted by Gasteiger charge is -2.17. The van der Waals surface area contributed by atoms with E-state index < -0.39 is 24.0 Å². The third kappa shape index (κ3) is 3.28. The molecule has 3 heterocycles. The average Bonchev–Trinajstić information content (AvgIpc) is 2.89. The molecule has 0 amide bonds. The molecule has 10 heteroatoms. The Kier molecular flexibility index (Phi) is 4.32. The van der Waals surface area contributed by atoms with Crippen molar-refractivity contribution in [2.24, 2.45) is 0 Å². The van der Waals surface area contributed by atoms with E-state index >= 15 is 0 Å². The summed E-state index contributed by atoms with van der Waals surface area (Å²) in [6.45, 7) is 0.784. The molecule has 126 valence electrons. The van der Waals surface area contributed by atoms with Crippen LogP contribution in [0.3, 0.4) is 0 Å². The van der Waals surface area contributed by atoms with Crippen LogP contribution < -0.4 is 4.74 Å². The fraction of sp³-hybridized carbons (Fsp3) is 0.214. The summed E-state index contributed by atoms with van der Waals surface area (Å²) in [7, 11) is 0. The minimum Gasteiger partial charge on any atom is -0.463 e. The molecule has 5 nitrogen and oxygen atoms in total. The van der Waals surface area contributed by atoms with Crippen molar-refractivity contribution in [1.29, 1.82) is 0 Å². The zero-order valence-electron chi connectivity index (χ0n) is 12.1. The van der Waals surface area contributed by atoms with Crippen LogP contribution in [0.1, 0.15) is 6.92 Å². The van der Waals surface area contributed by atoms with Gasteiger partial charge in [-0.05, 0) is 41.6 Å². The van der Waals surface area contributed by atoms with Crippen molar-refractivity contribution in [2.45, 2.75) is 19.2 Å². The molecule has 0 aliphatic rings. The highest BCUT2D eigenvalue weighted by Gasteiger charge is 2.38. The van der Waals surface area contributed by atoms with Crippen molar-refractivity contribution >= 4 is 28.1 Å². The molecule has 3 rings (SSSR count). The Morgan fingerprint density at radius 2 is 1.88 bits per heavy atom. The van der Waals surface area contributed by atoms with E-state index in [1.807, 2.05) is 22.6 Å². The molecule has 0 bridgehead atoms. The van der Waals surface area contributed by atoms with E-state index in [4.69, 9.17) is 0 Å². The largest absolute Gasteiger partial charge is 0.463 e. The number of fused-ring (bicyclic) bond motifs is 1. The first kappa shape index (κ1) is 16.9. The van der Waals surface area contributed by atoms with E-state index in [1.165, 1.54) is 12.5 Å². The maximum absolute atomic E-state index is 14.0. The van der Waals surface area contributed by atoms with Crippen molar-refractivity contribution in [1.82, 2.24) is 19.4 Å². The van der Waals surface area contributed by atoms with Gasteiger partial charge in [0.2, 0.25) is 0 Å². The van der Waals surface area contributed by atoms with Crippen LogP contribution in [-0.2, 0) is 0 Å². The predicted molar refractivity (Wildman–Crippen MR) is 85.0 cm³/mol. The second-order valence-corrected chi connectivity index (χ2v) is 5.94. The number of nitrogens with zero attached hydrogens (tertiary/aromatic N) is 4. The molecule has 0 radical (unpaired) electrons. The quantitative estimate of drug-likeness (QED) is 0.448. The number of hydrogen-bond acceptors (Lipinski definition) is 4. The molecule has 24 heavy (non-hydrogen) atoms. The van der Waals surface area contributed by atoms with Gasteiger partial charge in [-0.15, -0.1) is 0 Å². The highest BCUT2D eigenvalue weighted by molar-refractivity contribution is 14.1. The maximum atomic E-state index is 14.0. The summed E-state index contributed by atoms with van der Waals surface area (Å²) < 4.78 is 58.4. The molecule has 0 aliphatic heterocycles. The molecule has 0 spiro atoms. The number of hydrogen-bond donors (Lipinski definition) is 0. The van der Waals surface area contributed by atoms with Gasteiger partial charge >= 0.3 is 6.18 Å². The number of pyridine rings is 1. The third-order valence-corrected chi connectivity index (χ3v) is 4.06. The summed E-state index contributed by atoms with van der Waals surface area (Å²) in [4.78, 5) is 11.9. The predicted octanol–water partition coefficient (Wildman–Crippen LogP) is 3.86. The number of imidazole rings is 1.